The molecule has 0 spiro atoms. The monoisotopic (exact) mass is 771 g/mol. The summed E-state index contributed by atoms with van der Waals surface area (Å²) in [5.41, 5.74) is -1.08. The van der Waals surface area contributed by atoms with Crippen LogP contribution in [0, 0.1) is 5.41 Å². The minimum atomic E-state index is -1.12. The van der Waals surface area contributed by atoms with Crippen molar-refractivity contribution >= 4 is 114 Å². The Morgan fingerprint density at radius 1 is 0.574 bits per heavy atom. The standard InChI is InChI=1S/C18H23Cl3O9.C9H11Cl2NO5/c1-2-18(9-28-15(25)6-3-12(19)22,10-29-16(26)7-4-13(20)23)11-30-17(27)8-5-14(21)24;10-6(13)2-1-5(9(11)17)12-7(14)3-4-8(15)16/h2-11H2,1H3;5H,1-4H2,(H,12,14)(H,15,16). The van der Waals surface area contributed by atoms with E-state index in [1.165, 1.54) is 0 Å². The van der Waals surface area contributed by atoms with Gasteiger partial charge in [-0.15, -0.1) is 0 Å². The van der Waals surface area contributed by atoms with E-state index >= 15 is 0 Å². The van der Waals surface area contributed by atoms with Crippen molar-refractivity contribution in [1.82, 2.24) is 5.32 Å². The van der Waals surface area contributed by atoms with Crippen LogP contribution in [0.4, 0.5) is 0 Å². The van der Waals surface area contributed by atoms with Crippen LogP contribution in [-0.2, 0) is 62.2 Å². The Kier molecular flexibility index (Phi) is 25.7. The molecule has 47 heavy (non-hydrogen) atoms. The Morgan fingerprint density at radius 2 is 0.936 bits per heavy atom. The number of hydrogen-bond acceptors (Lipinski definition) is 13. The Bertz CT molecular complexity index is 1060. The average molecular weight is 774 g/mol. The lowest BCUT2D eigenvalue weighted by atomic mass is 9.88. The minimum Gasteiger partial charge on any atom is -0.481 e. The number of rotatable bonds is 24. The quantitative estimate of drug-likeness (QED) is 0.0815. The molecule has 0 heterocycles. The van der Waals surface area contributed by atoms with Crippen LogP contribution in [0.5, 0.6) is 0 Å². The lowest BCUT2D eigenvalue weighted by Gasteiger charge is -2.31. The summed E-state index contributed by atoms with van der Waals surface area (Å²) in [5.74, 6) is -3.86. The zero-order valence-corrected chi connectivity index (χ0v) is 28.9. The number of ether oxygens (including phenoxy) is 3. The summed E-state index contributed by atoms with van der Waals surface area (Å²) in [6, 6.07) is -1.03. The van der Waals surface area contributed by atoms with Crippen LogP contribution in [0.1, 0.15) is 77.6 Å². The number of aliphatic carboxylic acids is 1. The lowest BCUT2D eigenvalue weighted by molar-refractivity contribution is -0.163. The molecule has 1 atom stereocenters. The van der Waals surface area contributed by atoms with Crippen LogP contribution in [0.2, 0.25) is 0 Å². The highest BCUT2D eigenvalue weighted by atomic mass is 35.5. The van der Waals surface area contributed by atoms with Crippen molar-refractivity contribution in [2.45, 2.75) is 83.6 Å². The normalized spacial score (nSPS) is 11.1. The van der Waals surface area contributed by atoms with Gasteiger partial charge in [0.15, 0.2) is 0 Å². The molecule has 0 aromatic heterocycles. The van der Waals surface area contributed by atoms with Gasteiger partial charge in [0.05, 0.1) is 31.1 Å². The number of hydrogen-bond donors (Lipinski definition) is 2. The molecule has 0 bridgehead atoms. The fraction of sp³-hybridized carbons (Fsp3) is 0.630. The fourth-order valence-electron chi connectivity index (χ4n) is 2.94. The molecule has 0 radical (unpaired) electrons. The number of amides is 1. The molecule has 0 aliphatic rings. The van der Waals surface area contributed by atoms with E-state index in [-0.39, 0.29) is 90.4 Å². The van der Waals surface area contributed by atoms with Gasteiger partial charge in [0.2, 0.25) is 32.1 Å². The van der Waals surface area contributed by atoms with Crippen LogP contribution >= 0.6 is 58.0 Å². The third-order valence-corrected chi connectivity index (χ3v) is 6.77. The van der Waals surface area contributed by atoms with Gasteiger partial charge in [0.1, 0.15) is 25.9 Å². The van der Waals surface area contributed by atoms with Gasteiger partial charge in [0, 0.05) is 32.1 Å². The zero-order valence-electron chi connectivity index (χ0n) is 25.1. The summed E-state index contributed by atoms with van der Waals surface area (Å²) < 4.78 is 15.4. The predicted octanol–water partition coefficient (Wildman–Crippen LogP) is 3.30. The first-order valence-electron chi connectivity index (χ1n) is 13.7. The van der Waals surface area contributed by atoms with E-state index < -0.39 is 67.5 Å². The van der Waals surface area contributed by atoms with Crippen LogP contribution in [-0.4, -0.2) is 87.0 Å². The summed E-state index contributed by atoms with van der Waals surface area (Å²) >= 11 is 25.8. The third-order valence-electron chi connectivity index (χ3n) is 5.75. The number of carbonyl (C=O) groups is 10. The van der Waals surface area contributed by atoms with Crippen LogP contribution in [0.25, 0.3) is 0 Å². The lowest BCUT2D eigenvalue weighted by Crippen LogP contribution is -2.39. The first kappa shape index (κ1) is 46.3. The van der Waals surface area contributed by atoms with Crippen LogP contribution in [0.15, 0.2) is 0 Å². The maximum atomic E-state index is 11.8. The van der Waals surface area contributed by atoms with Crippen LogP contribution < -0.4 is 5.32 Å². The molecule has 1 amide bonds. The van der Waals surface area contributed by atoms with Crippen molar-refractivity contribution in [2.24, 2.45) is 5.41 Å². The SMILES string of the molecule is CCC(COC(=O)CCC(=O)Cl)(COC(=O)CCC(=O)Cl)COC(=O)CCC(=O)Cl.O=C(O)CCC(=O)NC(CCC(=O)Cl)C(=O)Cl. The molecule has 0 aliphatic heterocycles. The summed E-state index contributed by atoms with van der Waals surface area (Å²) in [7, 11) is 0. The summed E-state index contributed by atoms with van der Waals surface area (Å²) in [6.07, 6.45) is -1.78. The largest absolute Gasteiger partial charge is 0.481 e. The number of esters is 3. The molecular formula is C27H34Cl5NO14. The molecule has 2 N–H and O–H groups in total. The molecule has 0 aromatic carbocycles. The first-order valence-corrected chi connectivity index (χ1v) is 15.6. The maximum absolute atomic E-state index is 11.8. The number of carboxylic acids is 1. The van der Waals surface area contributed by atoms with E-state index in [0.29, 0.717) is 0 Å². The fourth-order valence-corrected chi connectivity index (χ4v) is 3.49. The van der Waals surface area contributed by atoms with Crippen molar-refractivity contribution < 1.29 is 67.3 Å². The predicted molar refractivity (Wildman–Crippen MR) is 166 cm³/mol. The molecule has 266 valence electrons. The second-order valence-corrected chi connectivity index (χ2v) is 11.7. The second kappa shape index (κ2) is 26.1. The van der Waals surface area contributed by atoms with Crippen molar-refractivity contribution in [3.05, 3.63) is 0 Å². The van der Waals surface area contributed by atoms with Crippen molar-refractivity contribution in [2.75, 3.05) is 19.8 Å². The van der Waals surface area contributed by atoms with Gasteiger partial charge < -0.3 is 24.6 Å². The molecule has 0 fully saturated rings. The molecule has 20 heteroatoms. The van der Waals surface area contributed by atoms with Gasteiger partial charge in [0.25, 0.3) is 0 Å². The van der Waals surface area contributed by atoms with E-state index in [0.717, 1.165) is 0 Å². The number of halogens is 5. The van der Waals surface area contributed by atoms with Crippen molar-refractivity contribution in [3.63, 3.8) is 0 Å². The maximum Gasteiger partial charge on any atom is 0.306 e. The van der Waals surface area contributed by atoms with E-state index in [9.17, 15) is 47.9 Å². The van der Waals surface area contributed by atoms with Crippen LogP contribution in [0.3, 0.4) is 0 Å². The highest BCUT2D eigenvalue weighted by Crippen LogP contribution is 2.25. The minimum absolute atomic E-state index is 0.0104. The molecular weight excluding hydrogens is 740 g/mol. The molecule has 0 rings (SSSR count). The zero-order chi connectivity index (χ0) is 36.6. The van der Waals surface area contributed by atoms with E-state index in [1.54, 1.807) is 6.92 Å². The highest BCUT2D eigenvalue weighted by Gasteiger charge is 2.34. The number of carboxylic acid groups (broad SMARTS) is 1. The summed E-state index contributed by atoms with van der Waals surface area (Å²) in [5, 5.41) is 7.02. The molecule has 1 unspecified atom stereocenters. The Labute approximate surface area is 294 Å². The molecule has 0 saturated carbocycles. The summed E-state index contributed by atoms with van der Waals surface area (Å²) in [4.78, 5) is 110. The number of nitrogens with one attached hydrogen (secondary N) is 1. The first-order chi connectivity index (χ1) is 21.8. The highest BCUT2D eigenvalue weighted by molar-refractivity contribution is 6.65. The van der Waals surface area contributed by atoms with Gasteiger partial charge in [-0.05, 0) is 70.8 Å². The average Bonchev–Trinajstić information content (AvgIpc) is 2.98. The Morgan fingerprint density at radius 3 is 1.21 bits per heavy atom. The smallest absolute Gasteiger partial charge is 0.306 e. The Hall–Kier alpha value is -2.85. The topological polar surface area (TPSA) is 231 Å². The van der Waals surface area contributed by atoms with Gasteiger partial charge in [-0.25, -0.2) is 0 Å². The van der Waals surface area contributed by atoms with Gasteiger partial charge in [-0.1, -0.05) is 6.92 Å². The molecule has 0 aromatic rings. The third kappa shape index (κ3) is 27.9. The molecule has 0 saturated heterocycles. The molecule has 0 aliphatic carbocycles. The van der Waals surface area contributed by atoms with Crippen molar-refractivity contribution in [3.8, 4) is 0 Å². The van der Waals surface area contributed by atoms with E-state index in [2.05, 4.69) is 5.32 Å². The van der Waals surface area contributed by atoms with Gasteiger partial charge in [-0.3, -0.25) is 47.9 Å². The second-order valence-electron chi connectivity index (χ2n) is 9.61. The number of carbonyl (C=O) groups excluding carboxylic acids is 9. The van der Waals surface area contributed by atoms with E-state index in [1.807, 2.05) is 0 Å². The summed E-state index contributed by atoms with van der Waals surface area (Å²) in [6.45, 7) is 0.870. The van der Waals surface area contributed by atoms with Crippen molar-refractivity contribution in [1.29, 1.82) is 0 Å². The molecule has 15 nitrogen and oxygen atoms in total. The van der Waals surface area contributed by atoms with E-state index in [4.69, 9.17) is 77.3 Å². The Balaban J connectivity index is 0. The van der Waals surface area contributed by atoms with Gasteiger partial charge in [-0.2, -0.15) is 0 Å². The van der Waals surface area contributed by atoms with Gasteiger partial charge >= 0.3 is 23.9 Å².